The molecule has 90 valence electrons. The van der Waals surface area contributed by atoms with E-state index in [0.29, 0.717) is 18.6 Å². The molecule has 0 aromatic carbocycles. The number of hydrogen-bond donors (Lipinski definition) is 2. The molecule has 2 heterocycles. The summed E-state index contributed by atoms with van der Waals surface area (Å²) in [6, 6.07) is 2.93. The summed E-state index contributed by atoms with van der Waals surface area (Å²) in [7, 11) is 0. The molecule has 0 spiro atoms. The number of amides is 1. The molecule has 0 radical (unpaired) electrons. The Morgan fingerprint density at radius 3 is 2.65 bits per heavy atom. The van der Waals surface area contributed by atoms with Crippen LogP contribution in [0.2, 0.25) is 0 Å². The predicted molar refractivity (Wildman–Crippen MR) is 57.5 cm³/mol. The Morgan fingerprint density at radius 1 is 1.47 bits per heavy atom. The van der Waals surface area contributed by atoms with E-state index in [1.54, 1.807) is 6.07 Å². The van der Waals surface area contributed by atoms with Crippen molar-refractivity contribution in [2.75, 3.05) is 13.2 Å². The molecule has 1 aliphatic rings. The summed E-state index contributed by atoms with van der Waals surface area (Å²) >= 11 is 0. The third-order valence-corrected chi connectivity index (χ3v) is 3.03. The molecule has 1 fully saturated rings. The third kappa shape index (κ3) is 1.87. The lowest BCUT2D eigenvalue weighted by Crippen LogP contribution is -2.41. The lowest BCUT2D eigenvalue weighted by atomic mass is 9.80. The molecule has 1 aliphatic heterocycles. The highest BCUT2D eigenvalue weighted by atomic mass is 16.5. The standard InChI is InChI=1S/C11H12N2O4/c12-10(16)11(3-4-17-6-11)7-1-2-8(9(14)15)13-5-7/h1-2,5H,3-4,6H2,(H2,12,16)(H,14,15). The Labute approximate surface area is 97.4 Å². The minimum atomic E-state index is -1.10. The highest BCUT2D eigenvalue weighted by Crippen LogP contribution is 2.32. The molecule has 1 saturated heterocycles. The van der Waals surface area contributed by atoms with Gasteiger partial charge < -0.3 is 15.6 Å². The van der Waals surface area contributed by atoms with E-state index in [2.05, 4.69) is 4.98 Å². The number of carboxylic acids is 1. The van der Waals surface area contributed by atoms with Gasteiger partial charge in [-0.1, -0.05) is 6.07 Å². The molecule has 6 nitrogen and oxygen atoms in total. The number of aromatic nitrogens is 1. The Balaban J connectivity index is 2.38. The number of carboxylic acid groups (broad SMARTS) is 1. The number of carbonyl (C=O) groups excluding carboxylic acids is 1. The first-order chi connectivity index (χ1) is 8.06. The number of carbonyl (C=O) groups is 2. The predicted octanol–water partition coefficient (Wildman–Crippen LogP) is -0.0768. The first-order valence-corrected chi connectivity index (χ1v) is 5.14. The number of nitrogens with zero attached hydrogens (tertiary/aromatic N) is 1. The van der Waals surface area contributed by atoms with Crippen LogP contribution in [0.3, 0.4) is 0 Å². The average Bonchev–Trinajstić information content (AvgIpc) is 2.79. The maximum Gasteiger partial charge on any atom is 0.354 e. The molecule has 0 bridgehead atoms. The van der Waals surface area contributed by atoms with Crippen LogP contribution in [0.25, 0.3) is 0 Å². The van der Waals surface area contributed by atoms with Gasteiger partial charge in [0, 0.05) is 12.8 Å². The van der Waals surface area contributed by atoms with Crippen LogP contribution in [0.5, 0.6) is 0 Å². The van der Waals surface area contributed by atoms with Crippen LogP contribution in [0, 0.1) is 0 Å². The molecule has 2 rings (SSSR count). The largest absolute Gasteiger partial charge is 0.477 e. The second-order valence-corrected chi connectivity index (χ2v) is 3.99. The first-order valence-electron chi connectivity index (χ1n) is 5.14. The molecule has 1 atom stereocenters. The second kappa shape index (κ2) is 4.14. The van der Waals surface area contributed by atoms with E-state index in [-0.39, 0.29) is 12.3 Å². The lowest BCUT2D eigenvalue weighted by molar-refractivity contribution is -0.123. The van der Waals surface area contributed by atoms with E-state index in [9.17, 15) is 9.59 Å². The summed E-state index contributed by atoms with van der Waals surface area (Å²) in [5.74, 6) is -1.58. The van der Waals surface area contributed by atoms with E-state index in [1.807, 2.05) is 0 Å². The molecule has 6 heteroatoms. The smallest absolute Gasteiger partial charge is 0.354 e. The maximum atomic E-state index is 11.5. The molecule has 1 aromatic heterocycles. The van der Waals surface area contributed by atoms with Gasteiger partial charge in [-0.05, 0) is 18.1 Å². The maximum absolute atomic E-state index is 11.5. The highest BCUT2D eigenvalue weighted by Gasteiger charge is 2.42. The summed E-state index contributed by atoms with van der Waals surface area (Å²) < 4.78 is 5.21. The molecular weight excluding hydrogens is 224 g/mol. The minimum absolute atomic E-state index is 0.0627. The van der Waals surface area contributed by atoms with Crippen LogP contribution in [0.4, 0.5) is 0 Å². The molecule has 1 amide bonds. The molecule has 0 saturated carbocycles. The fourth-order valence-corrected chi connectivity index (χ4v) is 1.93. The van der Waals surface area contributed by atoms with Gasteiger partial charge in [0.15, 0.2) is 0 Å². The van der Waals surface area contributed by atoms with E-state index >= 15 is 0 Å². The Kier molecular flexibility index (Phi) is 2.81. The Hall–Kier alpha value is -1.95. The van der Waals surface area contributed by atoms with E-state index in [1.165, 1.54) is 12.3 Å². The van der Waals surface area contributed by atoms with E-state index < -0.39 is 17.3 Å². The van der Waals surface area contributed by atoms with Crippen LogP contribution >= 0.6 is 0 Å². The fraction of sp³-hybridized carbons (Fsp3) is 0.364. The van der Waals surface area contributed by atoms with Gasteiger partial charge >= 0.3 is 5.97 Å². The monoisotopic (exact) mass is 236 g/mol. The number of nitrogens with two attached hydrogens (primary N) is 1. The molecule has 3 N–H and O–H groups in total. The molecule has 0 aliphatic carbocycles. The van der Waals surface area contributed by atoms with Gasteiger partial charge in [0.25, 0.3) is 0 Å². The van der Waals surface area contributed by atoms with Crippen LogP contribution in [-0.2, 0) is 14.9 Å². The van der Waals surface area contributed by atoms with Gasteiger partial charge in [-0.3, -0.25) is 4.79 Å². The average molecular weight is 236 g/mol. The van der Waals surface area contributed by atoms with Crippen molar-refractivity contribution in [3.63, 3.8) is 0 Å². The van der Waals surface area contributed by atoms with Crippen LogP contribution in [0.15, 0.2) is 18.3 Å². The third-order valence-electron chi connectivity index (χ3n) is 3.03. The number of pyridine rings is 1. The summed E-state index contributed by atoms with van der Waals surface area (Å²) in [6.07, 6.45) is 1.87. The van der Waals surface area contributed by atoms with Crippen molar-refractivity contribution in [2.45, 2.75) is 11.8 Å². The van der Waals surface area contributed by atoms with Gasteiger partial charge in [0.05, 0.1) is 6.61 Å². The van der Waals surface area contributed by atoms with E-state index in [4.69, 9.17) is 15.6 Å². The van der Waals surface area contributed by atoms with Crippen LogP contribution in [0.1, 0.15) is 22.5 Å². The molecule has 1 aromatic rings. The Bertz CT molecular complexity index is 449. The summed E-state index contributed by atoms with van der Waals surface area (Å²) in [5, 5.41) is 8.74. The van der Waals surface area contributed by atoms with Crippen molar-refractivity contribution >= 4 is 11.9 Å². The number of rotatable bonds is 3. The quantitative estimate of drug-likeness (QED) is 0.764. The normalized spacial score (nSPS) is 23.5. The summed E-state index contributed by atoms with van der Waals surface area (Å²) in [6.45, 7) is 0.681. The van der Waals surface area contributed by atoms with E-state index in [0.717, 1.165) is 0 Å². The van der Waals surface area contributed by atoms with Gasteiger partial charge in [-0.2, -0.15) is 0 Å². The molecular formula is C11H12N2O4. The minimum Gasteiger partial charge on any atom is -0.477 e. The van der Waals surface area contributed by atoms with Crippen molar-refractivity contribution in [2.24, 2.45) is 5.73 Å². The van der Waals surface area contributed by atoms with Crippen molar-refractivity contribution < 1.29 is 19.4 Å². The molecule has 17 heavy (non-hydrogen) atoms. The number of primary amides is 1. The zero-order valence-corrected chi connectivity index (χ0v) is 9.05. The van der Waals surface area contributed by atoms with Crippen molar-refractivity contribution in [1.29, 1.82) is 0 Å². The van der Waals surface area contributed by atoms with Crippen LogP contribution < -0.4 is 5.73 Å². The highest BCUT2D eigenvalue weighted by molar-refractivity contribution is 5.88. The number of hydrogen-bond acceptors (Lipinski definition) is 4. The van der Waals surface area contributed by atoms with Gasteiger partial charge in [-0.25, -0.2) is 9.78 Å². The number of ether oxygens (including phenoxy) is 1. The van der Waals surface area contributed by atoms with Crippen molar-refractivity contribution in [3.05, 3.63) is 29.6 Å². The summed E-state index contributed by atoms with van der Waals surface area (Å²) in [4.78, 5) is 26.0. The van der Waals surface area contributed by atoms with Gasteiger partial charge in [0.1, 0.15) is 11.1 Å². The lowest BCUT2D eigenvalue weighted by Gasteiger charge is -2.23. The number of aromatic carboxylic acids is 1. The van der Waals surface area contributed by atoms with Crippen molar-refractivity contribution in [1.82, 2.24) is 4.98 Å². The fourth-order valence-electron chi connectivity index (χ4n) is 1.93. The Morgan fingerprint density at radius 2 is 2.24 bits per heavy atom. The SMILES string of the molecule is NC(=O)C1(c2ccc(C(=O)O)nc2)CCOC1. The van der Waals surface area contributed by atoms with Crippen molar-refractivity contribution in [3.8, 4) is 0 Å². The molecule has 1 unspecified atom stereocenters. The zero-order valence-electron chi connectivity index (χ0n) is 9.05. The first kappa shape index (κ1) is 11.5. The topological polar surface area (TPSA) is 103 Å². The second-order valence-electron chi connectivity index (χ2n) is 3.99. The summed E-state index contributed by atoms with van der Waals surface area (Å²) in [5.41, 5.74) is 5.07. The van der Waals surface area contributed by atoms with Gasteiger partial charge in [0.2, 0.25) is 5.91 Å². The van der Waals surface area contributed by atoms with Crippen LogP contribution in [-0.4, -0.2) is 35.2 Å². The zero-order chi connectivity index (χ0) is 12.5. The van der Waals surface area contributed by atoms with Gasteiger partial charge in [-0.15, -0.1) is 0 Å².